The maximum absolute atomic E-state index is 13.5. The van der Waals surface area contributed by atoms with Crippen LogP contribution in [0.3, 0.4) is 0 Å². The van der Waals surface area contributed by atoms with Crippen LogP contribution in [0.15, 0.2) is 23.1 Å². The number of nitrogens with one attached hydrogen (secondary N) is 1. The van der Waals surface area contributed by atoms with Crippen LogP contribution in [0.2, 0.25) is 0 Å². The lowest BCUT2D eigenvalue weighted by Gasteiger charge is -2.07. The van der Waals surface area contributed by atoms with Crippen LogP contribution in [0, 0.1) is 5.82 Å². The van der Waals surface area contributed by atoms with Gasteiger partial charge in [-0.3, -0.25) is 0 Å². The second-order valence-corrected chi connectivity index (χ2v) is 5.50. The van der Waals surface area contributed by atoms with Gasteiger partial charge in [0.15, 0.2) is 0 Å². The average Bonchev–Trinajstić information content (AvgIpc) is 3.00. The zero-order valence-electron chi connectivity index (χ0n) is 8.48. The number of halogens is 1. The third kappa shape index (κ3) is 2.40. The Bertz CT molecular complexity index is 497. The van der Waals surface area contributed by atoms with E-state index in [4.69, 9.17) is 5.11 Å². The molecule has 0 aromatic heterocycles. The van der Waals surface area contributed by atoms with Crippen molar-refractivity contribution < 1.29 is 17.9 Å². The lowest BCUT2D eigenvalue weighted by atomic mass is 10.2. The molecular weight excluding hydrogens is 233 g/mol. The number of sulfonamides is 1. The molecule has 1 aliphatic carbocycles. The molecule has 0 aliphatic heterocycles. The molecule has 0 amide bonds. The molecule has 2 rings (SSSR count). The van der Waals surface area contributed by atoms with Gasteiger partial charge >= 0.3 is 0 Å². The molecule has 1 aliphatic rings. The number of aliphatic hydroxyl groups is 1. The first-order valence-electron chi connectivity index (χ1n) is 4.94. The smallest absolute Gasteiger partial charge is 0.243 e. The van der Waals surface area contributed by atoms with Crippen LogP contribution in [0.1, 0.15) is 18.4 Å². The van der Waals surface area contributed by atoms with Crippen LogP contribution in [0.4, 0.5) is 4.39 Å². The Morgan fingerprint density at radius 1 is 1.44 bits per heavy atom. The molecule has 6 heteroatoms. The van der Waals surface area contributed by atoms with Gasteiger partial charge in [0.05, 0.1) is 6.61 Å². The maximum atomic E-state index is 13.5. The first-order chi connectivity index (χ1) is 7.53. The minimum absolute atomic E-state index is 0.0538. The Labute approximate surface area is 93.2 Å². The Morgan fingerprint density at radius 2 is 2.12 bits per heavy atom. The van der Waals surface area contributed by atoms with E-state index in [-0.39, 0.29) is 17.5 Å². The highest BCUT2D eigenvalue weighted by molar-refractivity contribution is 7.89. The molecule has 1 aromatic carbocycles. The van der Waals surface area contributed by atoms with Gasteiger partial charge in [-0.2, -0.15) is 0 Å². The minimum Gasteiger partial charge on any atom is -0.392 e. The maximum Gasteiger partial charge on any atom is 0.243 e. The zero-order chi connectivity index (χ0) is 11.8. The van der Waals surface area contributed by atoms with E-state index in [0.29, 0.717) is 5.56 Å². The quantitative estimate of drug-likeness (QED) is 0.823. The average molecular weight is 245 g/mol. The van der Waals surface area contributed by atoms with Crippen molar-refractivity contribution in [3.8, 4) is 0 Å². The zero-order valence-corrected chi connectivity index (χ0v) is 9.30. The van der Waals surface area contributed by atoms with Crippen LogP contribution < -0.4 is 4.72 Å². The van der Waals surface area contributed by atoms with Crippen molar-refractivity contribution in [2.75, 3.05) is 0 Å². The highest BCUT2D eigenvalue weighted by Crippen LogP contribution is 2.23. The van der Waals surface area contributed by atoms with Gasteiger partial charge < -0.3 is 5.11 Å². The SMILES string of the molecule is O=S(=O)(NC1CC1)c1ccc(CO)cc1F. The van der Waals surface area contributed by atoms with Gasteiger partial charge in [0.2, 0.25) is 10.0 Å². The number of hydrogen-bond donors (Lipinski definition) is 2. The summed E-state index contributed by atoms with van der Waals surface area (Å²) in [5.41, 5.74) is 0.350. The molecule has 1 aromatic rings. The fourth-order valence-electron chi connectivity index (χ4n) is 1.34. The highest BCUT2D eigenvalue weighted by atomic mass is 32.2. The Kier molecular flexibility index (Phi) is 2.96. The molecule has 16 heavy (non-hydrogen) atoms. The molecule has 1 fully saturated rings. The molecule has 0 heterocycles. The van der Waals surface area contributed by atoms with Crippen molar-refractivity contribution in [3.05, 3.63) is 29.6 Å². The van der Waals surface area contributed by atoms with Gasteiger partial charge in [0.25, 0.3) is 0 Å². The highest BCUT2D eigenvalue weighted by Gasteiger charge is 2.29. The summed E-state index contributed by atoms with van der Waals surface area (Å²) in [7, 11) is -3.76. The topological polar surface area (TPSA) is 66.4 Å². The molecule has 0 saturated heterocycles. The lowest BCUT2D eigenvalue weighted by Crippen LogP contribution is -2.26. The summed E-state index contributed by atoms with van der Waals surface area (Å²) in [4.78, 5) is -0.364. The molecule has 0 spiro atoms. The Hall–Kier alpha value is -0.980. The minimum atomic E-state index is -3.76. The van der Waals surface area contributed by atoms with E-state index >= 15 is 0 Å². The fourth-order valence-corrected chi connectivity index (χ4v) is 2.71. The molecular formula is C10H12FNO3S. The summed E-state index contributed by atoms with van der Waals surface area (Å²) in [6, 6.07) is 3.54. The second kappa shape index (κ2) is 4.12. The predicted molar refractivity (Wildman–Crippen MR) is 55.7 cm³/mol. The normalized spacial score (nSPS) is 16.4. The Morgan fingerprint density at radius 3 is 2.62 bits per heavy atom. The lowest BCUT2D eigenvalue weighted by molar-refractivity contribution is 0.281. The van der Waals surface area contributed by atoms with Crippen LogP contribution in [0.5, 0.6) is 0 Å². The van der Waals surface area contributed by atoms with Crippen LogP contribution >= 0.6 is 0 Å². The van der Waals surface area contributed by atoms with Crippen molar-refractivity contribution in [2.45, 2.75) is 30.4 Å². The van der Waals surface area contributed by atoms with E-state index in [1.54, 1.807) is 0 Å². The van der Waals surface area contributed by atoms with E-state index in [1.165, 1.54) is 12.1 Å². The standard InChI is InChI=1S/C10H12FNO3S/c11-9-5-7(6-13)1-4-10(9)16(14,15)12-8-2-3-8/h1,4-5,8,12-13H,2-3,6H2. The first-order valence-corrected chi connectivity index (χ1v) is 6.43. The molecule has 0 atom stereocenters. The van der Waals surface area contributed by atoms with Gasteiger partial charge in [-0.25, -0.2) is 17.5 Å². The fraction of sp³-hybridized carbons (Fsp3) is 0.400. The van der Waals surface area contributed by atoms with Crippen LogP contribution in [-0.4, -0.2) is 19.6 Å². The Balaban J connectivity index is 2.31. The van der Waals surface area contributed by atoms with Crippen molar-refractivity contribution in [1.82, 2.24) is 4.72 Å². The summed E-state index contributed by atoms with van der Waals surface area (Å²) < 4.78 is 39.2. The van der Waals surface area contributed by atoms with E-state index in [9.17, 15) is 12.8 Å². The number of aliphatic hydroxyl groups excluding tert-OH is 1. The van der Waals surface area contributed by atoms with Crippen molar-refractivity contribution >= 4 is 10.0 Å². The third-order valence-corrected chi connectivity index (χ3v) is 3.92. The monoisotopic (exact) mass is 245 g/mol. The van der Waals surface area contributed by atoms with Crippen molar-refractivity contribution in [1.29, 1.82) is 0 Å². The van der Waals surface area contributed by atoms with Crippen molar-refractivity contribution in [2.24, 2.45) is 0 Å². The number of rotatable bonds is 4. The summed E-state index contributed by atoms with van der Waals surface area (Å²) in [5, 5.41) is 8.78. The predicted octanol–water partition coefficient (Wildman–Crippen LogP) is 0.759. The molecule has 88 valence electrons. The molecule has 0 bridgehead atoms. The van der Waals surface area contributed by atoms with Gasteiger partial charge in [-0.15, -0.1) is 0 Å². The van der Waals surface area contributed by atoms with Gasteiger partial charge in [0, 0.05) is 6.04 Å². The van der Waals surface area contributed by atoms with Gasteiger partial charge in [-0.05, 0) is 30.5 Å². The molecule has 0 unspecified atom stereocenters. The summed E-state index contributed by atoms with van der Waals surface area (Å²) in [5.74, 6) is -0.834. The number of benzene rings is 1. The largest absolute Gasteiger partial charge is 0.392 e. The molecule has 2 N–H and O–H groups in total. The molecule has 1 saturated carbocycles. The van der Waals surface area contributed by atoms with Gasteiger partial charge in [0.1, 0.15) is 10.7 Å². The van der Waals surface area contributed by atoms with Crippen LogP contribution in [-0.2, 0) is 16.6 Å². The first kappa shape index (κ1) is 11.5. The van der Waals surface area contributed by atoms with Crippen LogP contribution in [0.25, 0.3) is 0 Å². The number of hydrogen-bond acceptors (Lipinski definition) is 3. The van der Waals surface area contributed by atoms with E-state index < -0.39 is 15.8 Å². The van der Waals surface area contributed by atoms with Crippen molar-refractivity contribution in [3.63, 3.8) is 0 Å². The molecule has 4 nitrogen and oxygen atoms in total. The summed E-state index contributed by atoms with van der Waals surface area (Å²) >= 11 is 0. The second-order valence-electron chi connectivity index (χ2n) is 3.82. The summed E-state index contributed by atoms with van der Waals surface area (Å²) in [6.07, 6.45) is 1.60. The molecule has 0 radical (unpaired) electrons. The van der Waals surface area contributed by atoms with Gasteiger partial charge in [-0.1, -0.05) is 6.07 Å². The third-order valence-electron chi connectivity index (χ3n) is 2.37. The summed E-state index contributed by atoms with van der Waals surface area (Å²) in [6.45, 7) is -0.312. The van der Waals surface area contributed by atoms with E-state index in [0.717, 1.165) is 18.9 Å². The van der Waals surface area contributed by atoms with E-state index in [2.05, 4.69) is 4.72 Å². The van der Waals surface area contributed by atoms with E-state index in [1.807, 2.05) is 0 Å².